The highest BCUT2D eigenvalue weighted by Crippen LogP contribution is 2.35. The number of rotatable bonds is 4. The molecule has 1 aromatic carbocycles. The molecule has 4 heterocycles. The highest BCUT2D eigenvalue weighted by Gasteiger charge is 2.27. The maximum atomic E-state index is 12.2. The highest BCUT2D eigenvalue weighted by molar-refractivity contribution is 6.35. The Kier molecular flexibility index (Phi) is 5.93. The summed E-state index contributed by atoms with van der Waals surface area (Å²) in [6.07, 6.45) is 9.59. The lowest BCUT2D eigenvalue weighted by Gasteiger charge is -2.32. The second kappa shape index (κ2) is 9.20. The van der Waals surface area contributed by atoms with Gasteiger partial charge in [-0.1, -0.05) is 30.3 Å². The van der Waals surface area contributed by atoms with Crippen molar-refractivity contribution in [2.75, 3.05) is 13.1 Å². The molecule has 1 amide bonds. The first-order valence-electron chi connectivity index (χ1n) is 11.2. The lowest BCUT2D eigenvalue weighted by Crippen LogP contribution is -2.40. The van der Waals surface area contributed by atoms with E-state index in [1.54, 1.807) is 28.1 Å². The molecule has 1 atom stereocenters. The predicted molar refractivity (Wildman–Crippen MR) is 133 cm³/mol. The van der Waals surface area contributed by atoms with Crippen LogP contribution in [0.3, 0.4) is 0 Å². The van der Waals surface area contributed by atoms with Gasteiger partial charge in [0.1, 0.15) is 17.3 Å². The fourth-order valence-corrected chi connectivity index (χ4v) is 4.77. The number of likely N-dealkylation sites (tertiary alicyclic amines) is 1. The van der Waals surface area contributed by atoms with Crippen molar-refractivity contribution in [3.05, 3.63) is 88.6 Å². The molecule has 174 valence electrons. The Morgan fingerprint density at radius 1 is 1.23 bits per heavy atom. The molecule has 5 rings (SSSR count). The number of carbonyl (C=O) groups excluding carboxylic acids is 1. The zero-order chi connectivity index (χ0) is 24.5. The molecular formula is C26H21ClN6O2. The van der Waals surface area contributed by atoms with E-state index in [9.17, 15) is 9.59 Å². The van der Waals surface area contributed by atoms with Gasteiger partial charge in [-0.25, -0.2) is 0 Å². The van der Waals surface area contributed by atoms with Gasteiger partial charge in [-0.15, -0.1) is 0 Å². The second-order valence-corrected chi connectivity index (χ2v) is 8.79. The van der Waals surface area contributed by atoms with Crippen LogP contribution in [0.25, 0.3) is 27.8 Å². The summed E-state index contributed by atoms with van der Waals surface area (Å²) in [6.45, 7) is 4.84. The van der Waals surface area contributed by atoms with Crippen molar-refractivity contribution in [3.63, 3.8) is 0 Å². The van der Waals surface area contributed by atoms with Gasteiger partial charge in [-0.05, 0) is 31.1 Å². The smallest absolute Gasteiger partial charge is 0.246 e. The van der Waals surface area contributed by atoms with Crippen LogP contribution < -0.4 is 5.43 Å². The predicted octanol–water partition coefficient (Wildman–Crippen LogP) is 4.12. The van der Waals surface area contributed by atoms with Crippen LogP contribution in [0.4, 0.5) is 0 Å². The Hall–Kier alpha value is -4.22. The molecular weight excluding hydrogens is 464 g/mol. The standard InChI is InChI=1S/C26H21ClN6O2/c1-2-24(35)32-10-3-4-20(16-32)33-26-21(13-29-14-22(26)27)25(30-33)17-5-7-19(8-6-17)31-11-9-23(34)18(12-28)15-31/h2,5-9,11,13-15,20H,1,3-4,10,16H2/t20-/m1/s1. The number of nitrogens with zero attached hydrogens (tertiary/aromatic N) is 6. The topological polar surface area (TPSA) is 96.8 Å². The monoisotopic (exact) mass is 484 g/mol. The number of hydrogen-bond donors (Lipinski definition) is 0. The van der Waals surface area contributed by atoms with Crippen molar-refractivity contribution in [3.8, 4) is 23.0 Å². The third-order valence-corrected chi connectivity index (χ3v) is 6.55. The number of benzene rings is 1. The summed E-state index contributed by atoms with van der Waals surface area (Å²) in [5.41, 5.74) is 2.98. The Labute approximate surface area is 206 Å². The van der Waals surface area contributed by atoms with E-state index >= 15 is 0 Å². The van der Waals surface area contributed by atoms with E-state index in [2.05, 4.69) is 11.6 Å². The van der Waals surface area contributed by atoms with Crippen molar-refractivity contribution in [1.29, 1.82) is 5.26 Å². The van der Waals surface area contributed by atoms with E-state index in [0.717, 1.165) is 40.7 Å². The van der Waals surface area contributed by atoms with E-state index < -0.39 is 0 Å². The van der Waals surface area contributed by atoms with E-state index in [1.807, 2.05) is 35.0 Å². The van der Waals surface area contributed by atoms with Crippen molar-refractivity contribution < 1.29 is 4.79 Å². The van der Waals surface area contributed by atoms with Crippen LogP contribution in [0, 0.1) is 11.3 Å². The minimum absolute atomic E-state index is 0.0198. The molecule has 35 heavy (non-hydrogen) atoms. The number of nitriles is 1. The molecule has 1 aliphatic heterocycles. The van der Waals surface area contributed by atoms with Crippen LogP contribution in [0.2, 0.25) is 5.02 Å². The quantitative estimate of drug-likeness (QED) is 0.406. The number of piperidine rings is 1. The zero-order valence-corrected chi connectivity index (χ0v) is 19.5. The normalized spacial score (nSPS) is 15.7. The maximum Gasteiger partial charge on any atom is 0.246 e. The Balaban J connectivity index is 1.55. The molecule has 0 bridgehead atoms. The average Bonchev–Trinajstić information content (AvgIpc) is 3.30. The fourth-order valence-electron chi connectivity index (χ4n) is 4.53. The van der Waals surface area contributed by atoms with Crippen LogP contribution in [0.5, 0.6) is 0 Å². The maximum absolute atomic E-state index is 12.2. The SMILES string of the molecule is C=CC(=O)N1CCC[C@@H](n2nc(-c3ccc(-n4ccc(=O)c(C#N)c4)cc3)c3cncc(Cl)c32)C1. The molecule has 0 N–H and O–H groups in total. The number of fused-ring (bicyclic) bond motifs is 1. The number of amides is 1. The summed E-state index contributed by atoms with van der Waals surface area (Å²) < 4.78 is 3.65. The summed E-state index contributed by atoms with van der Waals surface area (Å²) in [7, 11) is 0. The number of hydrogen-bond acceptors (Lipinski definition) is 5. The van der Waals surface area contributed by atoms with Gasteiger partial charge in [0.25, 0.3) is 0 Å². The van der Waals surface area contributed by atoms with Crippen molar-refractivity contribution in [2.45, 2.75) is 18.9 Å². The largest absolute Gasteiger partial charge is 0.337 e. The molecule has 1 aliphatic rings. The lowest BCUT2D eigenvalue weighted by molar-refractivity contribution is -0.127. The minimum Gasteiger partial charge on any atom is -0.337 e. The molecule has 1 saturated heterocycles. The Morgan fingerprint density at radius 3 is 2.77 bits per heavy atom. The molecule has 0 spiro atoms. The molecule has 9 heteroatoms. The fraction of sp³-hybridized carbons (Fsp3) is 0.192. The van der Waals surface area contributed by atoms with E-state index in [-0.39, 0.29) is 22.9 Å². The van der Waals surface area contributed by atoms with Crippen LogP contribution >= 0.6 is 11.6 Å². The van der Waals surface area contributed by atoms with Gasteiger partial charge >= 0.3 is 0 Å². The summed E-state index contributed by atoms with van der Waals surface area (Å²) in [5, 5.41) is 15.4. The lowest BCUT2D eigenvalue weighted by atomic mass is 10.1. The van der Waals surface area contributed by atoms with Crippen LogP contribution in [-0.4, -0.2) is 43.2 Å². The van der Waals surface area contributed by atoms with Crippen molar-refractivity contribution >= 4 is 28.4 Å². The third kappa shape index (κ3) is 4.11. The van der Waals surface area contributed by atoms with Crippen molar-refractivity contribution in [2.24, 2.45) is 0 Å². The molecule has 8 nitrogen and oxygen atoms in total. The van der Waals surface area contributed by atoms with Gasteiger partial charge in [0.05, 0.1) is 16.6 Å². The molecule has 0 saturated carbocycles. The molecule has 1 fully saturated rings. The van der Waals surface area contributed by atoms with Crippen LogP contribution in [-0.2, 0) is 4.79 Å². The van der Waals surface area contributed by atoms with Gasteiger partial charge in [0, 0.05) is 60.6 Å². The van der Waals surface area contributed by atoms with Gasteiger partial charge in [-0.3, -0.25) is 19.3 Å². The van der Waals surface area contributed by atoms with Crippen LogP contribution in [0.15, 0.2) is 72.6 Å². The highest BCUT2D eigenvalue weighted by atomic mass is 35.5. The summed E-state index contributed by atoms with van der Waals surface area (Å²) in [4.78, 5) is 30.0. The van der Waals surface area contributed by atoms with Gasteiger partial charge in [0.15, 0.2) is 5.43 Å². The summed E-state index contributed by atoms with van der Waals surface area (Å²) >= 11 is 6.58. The third-order valence-electron chi connectivity index (χ3n) is 6.27. The number of aromatic nitrogens is 4. The first kappa shape index (κ1) is 22.6. The van der Waals surface area contributed by atoms with Gasteiger partial charge < -0.3 is 9.47 Å². The first-order chi connectivity index (χ1) is 17.0. The molecule has 0 aliphatic carbocycles. The zero-order valence-electron chi connectivity index (χ0n) is 18.8. The summed E-state index contributed by atoms with van der Waals surface area (Å²) in [5.74, 6) is -0.0863. The number of carbonyl (C=O) groups is 1. The first-order valence-corrected chi connectivity index (χ1v) is 11.5. The number of halogens is 1. The van der Waals surface area contributed by atoms with E-state index in [0.29, 0.717) is 18.1 Å². The van der Waals surface area contributed by atoms with E-state index in [1.165, 1.54) is 18.3 Å². The second-order valence-electron chi connectivity index (χ2n) is 8.38. The van der Waals surface area contributed by atoms with E-state index in [4.69, 9.17) is 22.0 Å². The number of pyridine rings is 2. The van der Waals surface area contributed by atoms with Gasteiger partial charge in [0.2, 0.25) is 5.91 Å². The summed E-state index contributed by atoms with van der Waals surface area (Å²) in [6, 6.07) is 10.9. The van der Waals surface area contributed by atoms with Crippen molar-refractivity contribution in [1.82, 2.24) is 24.2 Å². The Bertz CT molecular complexity index is 1550. The average molecular weight is 485 g/mol. The molecule has 0 radical (unpaired) electrons. The Morgan fingerprint density at radius 2 is 2.03 bits per heavy atom. The van der Waals surface area contributed by atoms with Gasteiger partial charge in [-0.2, -0.15) is 10.4 Å². The molecule has 3 aromatic heterocycles. The minimum atomic E-state index is -0.308. The van der Waals surface area contributed by atoms with Crippen LogP contribution in [0.1, 0.15) is 24.4 Å². The molecule has 0 unspecified atom stereocenters. The molecule has 4 aromatic rings.